The quantitative estimate of drug-likeness (QED) is 0.779. The number of urea groups is 1. The second-order valence-corrected chi connectivity index (χ2v) is 7.52. The summed E-state index contributed by atoms with van der Waals surface area (Å²) in [7, 11) is 0. The third-order valence-electron chi connectivity index (χ3n) is 4.70. The fraction of sp³-hybridized carbons (Fsp3) is 0.350. The van der Waals surface area contributed by atoms with Gasteiger partial charge in [-0.05, 0) is 48.9 Å². The van der Waals surface area contributed by atoms with Gasteiger partial charge in [-0.25, -0.2) is 4.79 Å². The van der Waals surface area contributed by atoms with Crippen molar-refractivity contribution in [3.05, 3.63) is 58.1 Å². The Labute approximate surface area is 170 Å². The van der Waals surface area contributed by atoms with E-state index in [0.29, 0.717) is 11.6 Å². The zero-order chi connectivity index (χ0) is 19.2. The number of hydrogen-bond acceptors (Lipinski definition) is 3. The van der Waals surface area contributed by atoms with Gasteiger partial charge in [-0.15, -0.1) is 0 Å². The van der Waals surface area contributed by atoms with E-state index in [1.807, 2.05) is 12.1 Å². The smallest absolute Gasteiger partial charge is 0.319 e. The van der Waals surface area contributed by atoms with Gasteiger partial charge in [-0.2, -0.15) is 0 Å². The fourth-order valence-electron chi connectivity index (χ4n) is 3.17. The van der Waals surface area contributed by atoms with Gasteiger partial charge < -0.3 is 15.5 Å². The van der Waals surface area contributed by atoms with Crippen molar-refractivity contribution < 1.29 is 4.79 Å². The lowest BCUT2D eigenvalue weighted by atomic mass is 10.1. The first kappa shape index (κ1) is 19.8. The molecule has 0 aliphatic carbocycles. The maximum atomic E-state index is 12.0. The minimum Gasteiger partial charge on any atom is -0.369 e. The van der Waals surface area contributed by atoms with Crippen molar-refractivity contribution in [2.24, 2.45) is 0 Å². The lowest BCUT2D eigenvalue weighted by molar-refractivity contribution is 0.240. The fourth-order valence-corrected chi connectivity index (χ4v) is 3.46. The molecule has 144 valence electrons. The standard InChI is InChI=1S/C20H24Cl2N4O/c1-15-2-3-17(22)14-19(15)26-12-10-25(11-13-26)9-8-23-20(27)24-18-6-4-16(21)5-7-18/h2-7,14H,8-13H2,1H3,(H2,23,24,27). The van der Waals surface area contributed by atoms with Crippen LogP contribution >= 0.6 is 23.2 Å². The van der Waals surface area contributed by atoms with E-state index in [0.717, 1.165) is 43.4 Å². The number of rotatable bonds is 5. The molecule has 1 aliphatic rings. The van der Waals surface area contributed by atoms with E-state index in [1.165, 1.54) is 11.3 Å². The molecule has 0 unspecified atom stereocenters. The minimum atomic E-state index is -0.203. The molecule has 27 heavy (non-hydrogen) atoms. The van der Waals surface area contributed by atoms with Crippen molar-refractivity contribution in [3.8, 4) is 0 Å². The lowest BCUT2D eigenvalue weighted by Crippen LogP contribution is -2.48. The molecular weight excluding hydrogens is 383 g/mol. The molecule has 0 spiro atoms. The Morgan fingerprint density at radius 1 is 1.00 bits per heavy atom. The Kier molecular flexibility index (Phi) is 6.83. The normalized spacial score (nSPS) is 14.9. The summed E-state index contributed by atoms with van der Waals surface area (Å²) in [4.78, 5) is 16.7. The number of amides is 2. The molecule has 0 bridgehead atoms. The summed E-state index contributed by atoms with van der Waals surface area (Å²) >= 11 is 12.0. The van der Waals surface area contributed by atoms with Crippen LogP contribution in [0.2, 0.25) is 10.0 Å². The van der Waals surface area contributed by atoms with E-state index in [-0.39, 0.29) is 6.03 Å². The van der Waals surface area contributed by atoms with Gasteiger partial charge in [0.25, 0.3) is 0 Å². The van der Waals surface area contributed by atoms with Gasteiger partial charge in [-0.3, -0.25) is 4.90 Å². The third-order valence-corrected chi connectivity index (χ3v) is 5.19. The Morgan fingerprint density at radius 3 is 2.37 bits per heavy atom. The average Bonchev–Trinajstić information content (AvgIpc) is 2.66. The van der Waals surface area contributed by atoms with Crippen molar-refractivity contribution in [1.29, 1.82) is 0 Å². The van der Waals surface area contributed by atoms with Gasteiger partial charge in [0.15, 0.2) is 0 Å². The SMILES string of the molecule is Cc1ccc(Cl)cc1N1CCN(CCNC(=O)Nc2ccc(Cl)cc2)CC1. The van der Waals surface area contributed by atoms with Crippen LogP contribution < -0.4 is 15.5 Å². The monoisotopic (exact) mass is 406 g/mol. The van der Waals surface area contributed by atoms with E-state index >= 15 is 0 Å². The van der Waals surface area contributed by atoms with Crippen LogP contribution in [-0.4, -0.2) is 50.2 Å². The number of hydrogen-bond donors (Lipinski definition) is 2. The topological polar surface area (TPSA) is 47.6 Å². The van der Waals surface area contributed by atoms with E-state index in [9.17, 15) is 4.79 Å². The molecule has 1 heterocycles. The highest BCUT2D eigenvalue weighted by molar-refractivity contribution is 6.31. The molecule has 0 radical (unpaired) electrons. The molecule has 1 aliphatic heterocycles. The minimum absolute atomic E-state index is 0.203. The summed E-state index contributed by atoms with van der Waals surface area (Å²) in [5.74, 6) is 0. The van der Waals surface area contributed by atoms with Gasteiger partial charge in [0, 0.05) is 60.7 Å². The summed E-state index contributed by atoms with van der Waals surface area (Å²) in [6.45, 7) is 7.39. The number of carbonyl (C=O) groups excluding carboxylic acids is 1. The van der Waals surface area contributed by atoms with Crippen LogP contribution in [0.3, 0.4) is 0 Å². The first-order chi connectivity index (χ1) is 13.0. The predicted molar refractivity (Wildman–Crippen MR) is 113 cm³/mol. The van der Waals surface area contributed by atoms with Gasteiger partial charge in [0.1, 0.15) is 0 Å². The van der Waals surface area contributed by atoms with Crippen LogP contribution in [0.15, 0.2) is 42.5 Å². The Bertz CT molecular complexity index is 774. The highest BCUT2D eigenvalue weighted by atomic mass is 35.5. The van der Waals surface area contributed by atoms with E-state index in [4.69, 9.17) is 23.2 Å². The molecule has 1 saturated heterocycles. The summed E-state index contributed by atoms with van der Waals surface area (Å²) in [6, 6.07) is 12.9. The van der Waals surface area contributed by atoms with Crippen molar-refractivity contribution in [2.75, 3.05) is 49.5 Å². The molecule has 0 saturated carbocycles. The number of carbonyl (C=O) groups is 1. The molecule has 5 nitrogen and oxygen atoms in total. The molecule has 2 aromatic carbocycles. The summed E-state index contributed by atoms with van der Waals surface area (Å²) < 4.78 is 0. The number of aryl methyl sites for hydroxylation is 1. The summed E-state index contributed by atoms with van der Waals surface area (Å²) in [5, 5.41) is 7.11. The van der Waals surface area contributed by atoms with Gasteiger partial charge in [0.05, 0.1) is 0 Å². The second-order valence-electron chi connectivity index (χ2n) is 6.65. The van der Waals surface area contributed by atoms with Gasteiger partial charge >= 0.3 is 6.03 Å². The van der Waals surface area contributed by atoms with E-state index in [2.05, 4.69) is 33.4 Å². The van der Waals surface area contributed by atoms with Crippen LogP contribution in [0, 0.1) is 6.92 Å². The Balaban J connectivity index is 1.39. The number of piperazine rings is 1. The largest absolute Gasteiger partial charge is 0.369 e. The Hall–Kier alpha value is -1.95. The summed E-state index contributed by atoms with van der Waals surface area (Å²) in [5.41, 5.74) is 3.18. The van der Waals surface area contributed by atoms with Gasteiger partial charge in [0.2, 0.25) is 0 Å². The van der Waals surface area contributed by atoms with Gasteiger partial charge in [-0.1, -0.05) is 29.3 Å². The summed E-state index contributed by atoms with van der Waals surface area (Å²) in [6.07, 6.45) is 0. The number of benzene rings is 2. The van der Waals surface area contributed by atoms with Crippen LogP contribution in [0.1, 0.15) is 5.56 Å². The van der Waals surface area contributed by atoms with Crippen LogP contribution in [0.25, 0.3) is 0 Å². The van der Waals surface area contributed by atoms with Crippen molar-refractivity contribution in [1.82, 2.24) is 10.2 Å². The predicted octanol–water partition coefficient (Wildman–Crippen LogP) is 4.25. The van der Waals surface area contributed by atoms with Crippen molar-refractivity contribution in [2.45, 2.75) is 6.92 Å². The molecule has 2 N–H and O–H groups in total. The first-order valence-electron chi connectivity index (χ1n) is 9.05. The zero-order valence-electron chi connectivity index (χ0n) is 15.3. The lowest BCUT2D eigenvalue weighted by Gasteiger charge is -2.36. The second kappa shape index (κ2) is 9.31. The number of nitrogens with one attached hydrogen (secondary N) is 2. The van der Waals surface area contributed by atoms with E-state index in [1.54, 1.807) is 24.3 Å². The molecule has 7 heteroatoms. The number of halogens is 2. The highest BCUT2D eigenvalue weighted by Crippen LogP contribution is 2.25. The Morgan fingerprint density at radius 2 is 1.67 bits per heavy atom. The van der Waals surface area contributed by atoms with E-state index < -0.39 is 0 Å². The molecule has 3 rings (SSSR count). The number of nitrogens with zero attached hydrogens (tertiary/aromatic N) is 2. The molecule has 1 fully saturated rings. The highest BCUT2D eigenvalue weighted by Gasteiger charge is 2.18. The molecule has 2 aromatic rings. The maximum Gasteiger partial charge on any atom is 0.319 e. The third kappa shape index (κ3) is 5.76. The van der Waals surface area contributed by atoms with Crippen molar-refractivity contribution >= 4 is 40.6 Å². The first-order valence-corrected chi connectivity index (χ1v) is 9.81. The van der Waals surface area contributed by atoms with Crippen LogP contribution in [0.4, 0.5) is 16.2 Å². The van der Waals surface area contributed by atoms with Crippen molar-refractivity contribution in [3.63, 3.8) is 0 Å². The maximum absolute atomic E-state index is 12.0. The number of anilines is 2. The van der Waals surface area contributed by atoms with Crippen LogP contribution in [-0.2, 0) is 0 Å². The average molecular weight is 407 g/mol. The molecular formula is C20H24Cl2N4O. The molecule has 0 atom stereocenters. The van der Waals surface area contributed by atoms with Crippen LogP contribution in [0.5, 0.6) is 0 Å². The molecule has 0 aromatic heterocycles. The molecule has 2 amide bonds. The zero-order valence-corrected chi connectivity index (χ0v) is 16.9.